The number of carbonyl (C=O) groups is 1. The first-order valence-corrected chi connectivity index (χ1v) is 8.26. The van der Waals surface area contributed by atoms with E-state index in [9.17, 15) is 4.79 Å². The van der Waals surface area contributed by atoms with Crippen LogP contribution < -0.4 is 0 Å². The fourth-order valence-electron chi connectivity index (χ4n) is 2.14. The zero-order valence-corrected chi connectivity index (χ0v) is 13.2. The van der Waals surface area contributed by atoms with Crippen LogP contribution in [-0.4, -0.2) is 5.97 Å². The highest BCUT2D eigenvalue weighted by atomic mass is 16.5. The number of allylic oxidation sites excluding steroid dienone is 2. The van der Waals surface area contributed by atoms with Gasteiger partial charge >= 0.3 is 5.97 Å². The van der Waals surface area contributed by atoms with Crippen LogP contribution in [0.5, 0.6) is 0 Å². The van der Waals surface area contributed by atoms with Gasteiger partial charge < -0.3 is 4.74 Å². The molecule has 0 aliphatic heterocycles. The highest BCUT2D eigenvalue weighted by Crippen LogP contribution is 2.09. The summed E-state index contributed by atoms with van der Waals surface area (Å²) < 4.78 is 4.66. The minimum absolute atomic E-state index is 0.161. The van der Waals surface area contributed by atoms with Gasteiger partial charge in [0.1, 0.15) is 0 Å². The van der Waals surface area contributed by atoms with Crippen LogP contribution in [0.2, 0.25) is 0 Å². The number of hydrogen-bond acceptors (Lipinski definition) is 2. The molecule has 0 aliphatic carbocycles. The molecule has 0 fully saturated rings. The zero-order chi connectivity index (χ0) is 14.9. The minimum Gasteiger partial charge on any atom is -0.435 e. The van der Waals surface area contributed by atoms with E-state index in [2.05, 4.69) is 30.4 Å². The van der Waals surface area contributed by atoms with Gasteiger partial charge in [0.25, 0.3) is 0 Å². The van der Waals surface area contributed by atoms with E-state index in [1.54, 1.807) is 0 Å². The van der Waals surface area contributed by atoms with Crippen LogP contribution in [0.3, 0.4) is 0 Å². The second-order valence-corrected chi connectivity index (χ2v) is 5.28. The lowest BCUT2D eigenvalue weighted by molar-refractivity contribution is -0.138. The Morgan fingerprint density at radius 2 is 1.45 bits per heavy atom. The molecule has 0 heterocycles. The molecule has 0 aliphatic rings. The number of ether oxygens (including phenoxy) is 1. The van der Waals surface area contributed by atoms with E-state index in [1.165, 1.54) is 64.0 Å². The predicted molar refractivity (Wildman–Crippen MR) is 86.5 cm³/mol. The molecule has 0 rings (SSSR count). The quantitative estimate of drug-likeness (QED) is 0.170. The topological polar surface area (TPSA) is 26.3 Å². The van der Waals surface area contributed by atoms with E-state index in [-0.39, 0.29) is 5.97 Å². The van der Waals surface area contributed by atoms with Gasteiger partial charge in [-0.15, -0.1) is 0 Å². The minimum atomic E-state index is -0.161. The largest absolute Gasteiger partial charge is 0.435 e. The standard InChI is InChI=1S/C18H32O2/c1-3-5-6-7-8-9-10-11-12-13-14-15-16-17-18(19)20-4-2/h4,9-10H,2-3,5-8,11-17H2,1H3. The maximum atomic E-state index is 11.0. The van der Waals surface area contributed by atoms with Crippen LogP contribution in [-0.2, 0) is 9.53 Å². The first-order valence-electron chi connectivity index (χ1n) is 8.26. The van der Waals surface area contributed by atoms with E-state index in [4.69, 9.17) is 0 Å². The summed E-state index contributed by atoms with van der Waals surface area (Å²) in [6, 6.07) is 0. The van der Waals surface area contributed by atoms with Crippen molar-refractivity contribution in [3.05, 3.63) is 25.0 Å². The van der Waals surface area contributed by atoms with Gasteiger partial charge in [0.15, 0.2) is 0 Å². The summed E-state index contributed by atoms with van der Waals surface area (Å²) in [4.78, 5) is 11.0. The third-order valence-corrected chi connectivity index (χ3v) is 3.36. The number of hydrogen-bond donors (Lipinski definition) is 0. The molecule has 0 N–H and O–H groups in total. The van der Waals surface area contributed by atoms with E-state index in [0.717, 1.165) is 12.8 Å². The lowest BCUT2D eigenvalue weighted by Gasteiger charge is -2.00. The van der Waals surface area contributed by atoms with Crippen molar-refractivity contribution < 1.29 is 9.53 Å². The number of unbranched alkanes of at least 4 members (excludes halogenated alkanes) is 9. The summed E-state index contributed by atoms with van der Waals surface area (Å²) in [6.45, 7) is 5.61. The van der Waals surface area contributed by atoms with Gasteiger partial charge in [-0.05, 0) is 32.1 Å². The summed E-state index contributed by atoms with van der Waals surface area (Å²) in [5.74, 6) is -0.161. The van der Waals surface area contributed by atoms with Crippen molar-refractivity contribution in [3.63, 3.8) is 0 Å². The summed E-state index contributed by atoms with van der Waals surface area (Å²) >= 11 is 0. The Balaban J connectivity index is 3.14. The van der Waals surface area contributed by atoms with Crippen molar-refractivity contribution in [2.75, 3.05) is 0 Å². The third-order valence-electron chi connectivity index (χ3n) is 3.36. The molecule has 116 valence electrons. The van der Waals surface area contributed by atoms with Crippen molar-refractivity contribution in [2.45, 2.75) is 84.0 Å². The van der Waals surface area contributed by atoms with Crippen molar-refractivity contribution in [2.24, 2.45) is 0 Å². The highest BCUT2D eigenvalue weighted by Gasteiger charge is 1.99. The summed E-state index contributed by atoms with van der Waals surface area (Å²) in [6.07, 6.45) is 20.0. The molecule has 0 aromatic heterocycles. The number of esters is 1. The Kier molecular flexibility index (Phi) is 15.2. The maximum Gasteiger partial charge on any atom is 0.310 e. The Morgan fingerprint density at radius 1 is 0.900 bits per heavy atom. The molecular formula is C18H32O2. The molecule has 2 nitrogen and oxygen atoms in total. The molecule has 2 heteroatoms. The Hall–Kier alpha value is -1.05. The van der Waals surface area contributed by atoms with Gasteiger partial charge in [-0.25, -0.2) is 0 Å². The molecule has 0 aromatic rings. The molecule has 0 atom stereocenters. The molecule has 0 saturated carbocycles. The molecule has 0 amide bonds. The van der Waals surface area contributed by atoms with Crippen molar-refractivity contribution in [1.29, 1.82) is 0 Å². The lowest BCUT2D eigenvalue weighted by atomic mass is 10.1. The van der Waals surface area contributed by atoms with Crippen LogP contribution in [0.4, 0.5) is 0 Å². The van der Waals surface area contributed by atoms with Crippen molar-refractivity contribution in [1.82, 2.24) is 0 Å². The second kappa shape index (κ2) is 16.0. The van der Waals surface area contributed by atoms with E-state index < -0.39 is 0 Å². The van der Waals surface area contributed by atoms with Gasteiger partial charge in [-0.2, -0.15) is 0 Å². The fourth-order valence-corrected chi connectivity index (χ4v) is 2.14. The molecule has 0 saturated heterocycles. The Labute approximate surface area is 125 Å². The van der Waals surface area contributed by atoms with E-state index >= 15 is 0 Å². The molecule has 0 bridgehead atoms. The van der Waals surface area contributed by atoms with Crippen LogP contribution in [0.15, 0.2) is 25.0 Å². The zero-order valence-electron chi connectivity index (χ0n) is 13.2. The van der Waals surface area contributed by atoms with Crippen LogP contribution in [0.1, 0.15) is 84.0 Å². The van der Waals surface area contributed by atoms with Gasteiger partial charge in [0.2, 0.25) is 0 Å². The average molecular weight is 280 g/mol. The third kappa shape index (κ3) is 15.0. The highest BCUT2D eigenvalue weighted by molar-refractivity contribution is 5.69. The lowest BCUT2D eigenvalue weighted by Crippen LogP contribution is -1.98. The predicted octanol–water partition coefficient (Wildman–Crippen LogP) is 5.93. The summed E-state index contributed by atoms with van der Waals surface area (Å²) in [5.41, 5.74) is 0. The fraction of sp³-hybridized carbons (Fsp3) is 0.722. The monoisotopic (exact) mass is 280 g/mol. The number of rotatable bonds is 14. The van der Waals surface area contributed by atoms with Gasteiger partial charge in [-0.3, -0.25) is 4.79 Å². The Bertz CT molecular complexity index is 256. The van der Waals surface area contributed by atoms with Crippen molar-refractivity contribution >= 4 is 5.97 Å². The maximum absolute atomic E-state index is 11.0. The summed E-state index contributed by atoms with van der Waals surface area (Å²) in [7, 11) is 0. The molecule has 0 unspecified atom stereocenters. The van der Waals surface area contributed by atoms with Gasteiger partial charge in [0.05, 0.1) is 6.26 Å². The SMILES string of the molecule is C=COC(=O)CCCCCCCC=CCCCCCC. The number of carbonyl (C=O) groups excluding carboxylic acids is 1. The smallest absolute Gasteiger partial charge is 0.310 e. The molecule has 20 heavy (non-hydrogen) atoms. The second-order valence-electron chi connectivity index (χ2n) is 5.28. The van der Waals surface area contributed by atoms with Crippen LogP contribution in [0.25, 0.3) is 0 Å². The first kappa shape index (κ1) is 18.9. The normalized spacial score (nSPS) is 10.8. The van der Waals surface area contributed by atoms with Gasteiger partial charge in [-0.1, -0.05) is 64.2 Å². The van der Waals surface area contributed by atoms with E-state index in [0.29, 0.717) is 6.42 Å². The molecular weight excluding hydrogens is 248 g/mol. The average Bonchev–Trinajstić information content (AvgIpc) is 2.44. The van der Waals surface area contributed by atoms with Crippen molar-refractivity contribution in [3.8, 4) is 0 Å². The summed E-state index contributed by atoms with van der Waals surface area (Å²) in [5, 5.41) is 0. The molecule has 0 aromatic carbocycles. The van der Waals surface area contributed by atoms with Crippen LogP contribution >= 0.6 is 0 Å². The molecule has 0 radical (unpaired) electrons. The molecule has 0 spiro atoms. The Morgan fingerprint density at radius 3 is 2.05 bits per heavy atom. The first-order chi connectivity index (χ1) is 9.81. The van der Waals surface area contributed by atoms with E-state index in [1.807, 2.05) is 0 Å². The van der Waals surface area contributed by atoms with Crippen LogP contribution in [0, 0.1) is 0 Å². The van der Waals surface area contributed by atoms with Gasteiger partial charge in [0, 0.05) is 6.42 Å².